The number of amides is 2. The van der Waals surface area contributed by atoms with Gasteiger partial charge in [0.2, 0.25) is 5.91 Å². The Labute approximate surface area is 199 Å². The van der Waals surface area contributed by atoms with E-state index in [0.717, 1.165) is 5.56 Å². The highest BCUT2D eigenvalue weighted by molar-refractivity contribution is 7.87. The van der Waals surface area contributed by atoms with Crippen LogP contribution >= 0.6 is 0 Å². The molecule has 9 heteroatoms. The number of aryl methyl sites for hydroxylation is 2. The summed E-state index contributed by atoms with van der Waals surface area (Å²) in [5, 5.41) is 5.20. The fourth-order valence-electron chi connectivity index (χ4n) is 3.08. The fourth-order valence-corrected chi connectivity index (χ4v) is 4.33. The van der Waals surface area contributed by atoms with E-state index in [9.17, 15) is 18.0 Å². The molecule has 0 saturated heterocycles. The third-order valence-electron chi connectivity index (χ3n) is 4.79. The molecule has 0 fully saturated rings. The maximum Gasteiger partial charge on any atom is 0.339 e. The maximum atomic E-state index is 12.6. The topological polar surface area (TPSA) is 111 Å². The minimum Gasteiger partial charge on any atom is -0.494 e. The number of hydrogen-bond donors (Lipinski definition) is 2. The van der Waals surface area contributed by atoms with E-state index in [1.807, 2.05) is 13.0 Å². The summed E-state index contributed by atoms with van der Waals surface area (Å²) in [4.78, 5) is 24.6. The van der Waals surface area contributed by atoms with E-state index < -0.39 is 21.9 Å². The Morgan fingerprint density at radius 1 is 0.882 bits per heavy atom. The van der Waals surface area contributed by atoms with Gasteiger partial charge in [0, 0.05) is 11.3 Å². The minimum absolute atomic E-state index is 0.0747. The highest BCUT2D eigenvalue weighted by Crippen LogP contribution is 2.23. The maximum absolute atomic E-state index is 12.6. The molecule has 2 amide bonds. The number of anilines is 1. The molecule has 0 aliphatic rings. The SMILES string of the molecule is CCOc1ccc(NC(=O)CNC(=O)c2ccc(OS(=O)(=O)c3cc(C)ccc3C)cc2)cc1. The first kappa shape index (κ1) is 24.8. The molecule has 0 radical (unpaired) electrons. The Balaban J connectivity index is 1.55. The van der Waals surface area contributed by atoms with Crippen LogP contribution < -0.4 is 19.6 Å². The Bertz CT molecular complexity index is 1270. The lowest BCUT2D eigenvalue weighted by Gasteiger charge is -2.11. The third kappa shape index (κ3) is 6.58. The normalized spacial score (nSPS) is 10.9. The molecule has 0 saturated carbocycles. The van der Waals surface area contributed by atoms with Crippen LogP contribution in [0.4, 0.5) is 5.69 Å². The van der Waals surface area contributed by atoms with Crippen LogP contribution in [0, 0.1) is 13.8 Å². The number of hydrogen-bond acceptors (Lipinski definition) is 6. The van der Waals surface area contributed by atoms with Gasteiger partial charge < -0.3 is 19.6 Å². The largest absolute Gasteiger partial charge is 0.494 e. The van der Waals surface area contributed by atoms with E-state index in [1.165, 1.54) is 24.3 Å². The van der Waals surface area contributed by atoms with Gasteiger partial charge in [0.1, 0.15) is 16.4 Å². The number of nitrogens with one attached hydrogen (secondary N) is 2. The molecule has 8 nitrogen and oxygen atoms in total. The van der Waals surface area contributed by atoms with Crippen molar-refractivity contribution in [3.63, 3.8) is 0 Å². The molecular weight excluding hydrogens is 456 g/mol. The lowest BCUT2D eigenvalue weighted by atomic mass is 10.2. The van der Waals surface area contributed by atoms with Crippen molar-refractivity contribution in [1.82, 2.24) is 5.32 Å². The summed E-state index contributed by atoms with van der Waals surface area (Å²) in [6.07, 6.45) is 0. The lowest BCUT2D eigenvalue weighted by molar-refractivity contribution is -0.115. The molecule has 0 aliphatic heterocycles. The van der Waals surface area contributed by atoms with Crippen molar-refractivity contribution in [2.24, 2.45) is 0 Å². The molecule has 3 rings (SSSR count). The number of ether oxygens (including phenoxy) is 1. The third-order valence-corrected chi connectivity index (χ3v) is 6.18. The molecule has 0 aliphatic carbocycles. The number of carbonyl (C=O) groups is 2. The van der Waals surface area contributed by atoms with Gasteiger partial charge in [0.05, 0.1) is 13.2 Å². The minimum atomic E-state index is -4.02. The van der Waals surface area contributed by atoms with Crippen LogP contribution in [0.1, 0.15) is 28.4 Å². The standard InChI is InChI=1S/C25H26N2O6S/c1-4-32-21-13-9-20(10-14-21)27-24(28)16-26-25(29)19-7-11-22(12-8-19)33-34(30,31)23-15-17(2)5-6-18(23)3/h5-15H,4,16H2,1-3H3,(H,26,29)(H,27,28). The molecule has 0 spiro atoms. The molecule has 3 aromatic rings. The van der Waals surface area contributed by atoms with Crippen LogP contribution in [0.25, 0.3) is 0 Å². The fraction of sp³-hybridized carbons (Fsp3) is 0.200. The molecule has 178 valence electrons. The van der Waals surface area contributed by atoms with Crippen molar-refractivity contribution in [2.45, 2.75) is 25.7 Å². The first-order valence-electron chi connectivity index (χ1n) is 10.6. The summed E-state index contributed by atoms with van der Waals surface area (Å²) in [5.41, 5.74) is 2.20. The molecule has 0 unspecified atom stereocenters. The predicted octanol–water partition coefficient (Wildman–Crippen LogP) is 3.84. The zero-order valence-corrected chi connectivity index (χ0v) is 19.9. The van der Waals surface area contributed by atoms with Crippen molar-refractivity contribution in [1.29, 1.82) is 0 Å². The molecular formula is C25H26N2O6S. The zero-order valence-electron chi connectivity index (χ0n) is 19.1. The van der Waals surface area contributed by atoms with Crippen molar-refractivity contribution in [2.75, 3.05) is 18.5 Å². The van der Waals surface area contributed by atoms with E-state index in [-0.39, 0.29) is 22.8 Å². The number of rotatable bonds is 9. The van der Waals surface area contributed by atoms with Crippen LogP contribution in [-0.2, 0) is 14.9 Å². The van der Waals surface area contributed by atoms with Crippen LogP contribution in [0.5, 0.6) is 11.5 Å². The van der Waals surface area contributed by atoms with E-state index in [2.05, 4.69) is 10.6 Å². The molecule has 2 N–H and O–H groups in total. The predicted molar refractivity (Wildman–Crippen MR) is 129 cm³/mol. The van der Waals surface area contributed by atoms with Gasteiger partial charge in [-0.1, -0.05) is 12.1 Å². The van der Waals surface area contributed by atoms with Gasteiger partial charge >= 0.3 is 10.1 Å². The Kier molecular flexibility index (Phi) is 7.91. The first-order chi connectivity index (χ1) is 16.2. The van der Waals surface area contributed by atoms with Crippen molar-refractivity contribution in [3.05, 3.63) is 83.4 Å². The van der Waals surface area contributed by atoms with Gasteiger partial charge in [-0.2, -0.15) is 8.42 Å². The van der Waals surface area contributed by atoms with E-state index in [0.29, 0.717) is 23.6 Å². The summed E-state index contributed by atoms with van der Waals surface area (Å²) in [6, 6.07) is 17.6. The summed E-state index contributed by atoms with van der Waals surface area (Å²) in [6.45, 7) is 5.69. The highest BCUT2D eigenvalue weighted by Gasteiger charge is 2.20. The van der Waals surface area contributed by atoms with Crippen molar-refractivity contribution in [3.8, 4) is 11.5 Å². The van der Waals surface area contributed by atoms with Gasteiger partial charge in [-0.25, -0.2) is 0 Å². The first-order valence-corrected chi connectivity index (χ1v) is 12.0. The van der Waals surface area contributed by atoms with Gasteiger partial charge in [0.25, 0.3) is 5.91 Å². The average molecular weight is 483 g/mol. The molecule has 0 atom stereocenters. The van der Waals surface area contributed by atoms with Crippen LogP contribution in [-0.4, -0.2) is 33.4 Å². The van der Waals surface area contributed by atoms with E-state index in [4.69, 9.17) is 8.92 Å². The van der Waals surface area contributed by atoms with Crippen LogP contribution in [0.15, 0.2) is 71.6 Å². The Morgan fingerprint density at radius 2 is 1.53 bits per heavy atom. The van der Waals surface area contributed by atoms with Gasteiger partial charge in [-0.3, -0.25) is 9.59 Å². The highest BCUT2D eigenvalue weighted by atomic mass is 32.2. The Hall–Kier alpha value is -3.85. The number of carbonyl (C=O) groups excluding carboxylic acids is 2. The number of benzene rings is 3. The van der Waals surface area contributed by atoms with Crippen molar-refractivity contribution < 1.29 is 26.9 Å². The molecule has 3 aromatic carbocycles. The van der Waals surface area contributed by atoms with E-state index in [1.54, 1.807) is 50.2 Å². The molecule has 34 heavy (non-hydrogen) atoms. The Morgan fingerprint density at radius 3 is 2.18 bits per heavy atom. The van der Waals surface area contributed by atoms with Crippen molar-refractivity contribution >= 4 is 27.6 Å². The smallest absolute Gasteiger partial charge is 0.339 e. The van der Waals surface area contributed by atoms with Gasteiger partial charge in [0.15, 0.2) is 0 Å². The summed E-state index contributed by atoms with van der Waals surface area (Å²) < 4.78 is 35.8. The second-order valence-corrected chi connectivity index (χ2v) is 9.03. The van der Waals surface area contributed by atoms with Crippen LogP contribution in [0.2, 0.25) is 0 Å². The molecule has 0 bridgehead atoms. The second-order valence-electron chi connectivity index (χ2n) is 7.52. The average Bonchev–Trinajstić information content (AvgIpc) is 2.80. The van der Waals surface area contributed by atoms with E-state index >= 15 is 0 Å². The monoisotopic (exact) mass is 482 g/mol. The quantitative estimate of drug-likeness (QED) is 0.449. The lowest BCUT2D eigenvalue weighted by Crippen LogP contribution is -2.32. The van der Waals surface area contributed by atoms with Gasteiger partial charge in [-0.15, -0.1) is 0 Å². The zero-order chi connectivity index (χ0) is 24.7. The second kappa shape index (κ2) is 10.8. The summed E-state index contributed by atoms with van der Waals surface area (Å²) >= 11 is 0. The van der Waals surface area contributed by atoms with Gasteiger partial charge in [-0.05, 0) is 86.5 Å². The molecule has 0 aromatic heterocycles. The van der Waals surface area contributed by atoms with Crippen LogP contribution in [0.3, 0.4) is 0 Å². The summed E-state index contributed by atoms with van der Waals surface area (Å²) in [5.74, 6) is -0.100. The molecule has 0 heterocycles. The summed E-state index contributed by atoms with van der Waals surface area (Å²) in [7, 11) is -4.02.